The van der Waals surface area contributed by atoms with Crippen molar-refractivity contribution in [3.63, 3.8) is 0 Å². The molecule has 2 aromatic rings. The van der Waals surface area contributed by atoms with Gasteiger partial charge in [-0.25, -0.2) is 8.42 Å². The van der Waals surface area contributed by atoms with E-state index in [1.807, 2.05) is 0 Å². The molecule has 0 amide bonds. The Bertz CT molecular complexity index is 717. The summed E-state index contributed by atoms with van der Waals surface area (Å²) in [5.74, 6) is -0.143. The van der Waals surface area contributed by atoms with Gasteiger partial charge in [-0.15, -0.1) is 0 Å². The summed E-state index contributed by atoms with van der Waals surface area (Å²) in [4.78, 5) is 12.2. The number of rotatable bonds is 4. The lowest BCUT2D eigenvalue weighted by molar-refractivity contribution is 0.103. The molecule has 104 valence electrons. The molecule has 5 heteroatoms. The summed E-state index contributed by atoms with van der Waals surface area (Å²) in [5, 5.41) is 0.574. The van der Waals surface area contributed by atoms with E-state index in [2.05, 4.69) is 0 Å². The van der Waals surface area contributed by atoms with Gasteiger partial charge in [-0.05, 0) is 29.8 Å². The lowest BCUT2D eigenvalue weighted by atomic mass is 10.0. The van der Waals surface area contributed by atoms with Gasteiger partial charge in [-0.1, -0.05) is 35.9 Å². The summed E-state index contributed by atoms with van der Waals surface area (Å²) in [5.41, 5.74) is 1.73. The molecule has 3 nitrogen and oxygen atoms in total. The average molecular weight is 309 g/mol. The van der Waals surface area contributed by atoms with Crippen LogP contribution in [-0.2, 0) is 15.6 Å². The summed E-state index contributed by atoms with van der Waals surface area (Å²) < 4.78 is 22.4. The van der Waals surface area contributed by atoms with E-state index < -0.39 is 9.84 Å². The first-order valence-electron chi connectivity index (χ1n) is 5.92. The van der Waals surface area contributed by atoms with Gasteiger partial charge >= 0.3 is 0 Å². The van der Waals surface area contributed by atoms with E-state index in [1.54, 1.807) is 48.5 Å². The first kappa shape index (κ1) is 14.8. The predicted octanol–water partition coefficient (Wildman–Crippen LogP) is 3.12. The second kappa shape index (κ2) is 5.77. The van der Waals surface area contributed by atoms with Gasteiger partial charge in [0, 0.05) is 22.4 Å². The van der Waals surface area contributed by atoms with Crippen molar-refractivity contribution in [1.82, 2.24) is 0 Å². The lowest BCUT2D eigenvalue weighted by Gasteiger charge is -2.03. The Balaban J connectivity index is 2.21. The number of halogens is 1. The maximum absolute atomic E-state index is 12.2. The van der Waals surface area contributed by atoms with Gasteiger partial charge in [0.25, 0.3) is 0 Å². The second-order valence-corrected chi connectivity index (χ2v) is 7.18. The molecular weight excluding hydrogens is 296 g/mol. The highest BCUT2D eigenvalue weighted by Gasteiger charge is 2.10. The van der Waals surface area contributed by atoms with Gasteiger partial charge in [0.1, 0.15) is 0 Å². The van der Waals surface area contributed by atoms with Crippen molar-refractivity contribution in [2.75, 3.05) is 6.26 Å². The van der Waals surface area contributed by atoms with Crippen LogP contribution in [0.25, 0.3) is 0 Å². The normalized spacial score (nSPS) is 11.3. The van der Waals surface area contributed by atoms with Gasteiger partial charge in [-0.3, -0.25) is 4.79 Å². The predicted molar refractivity (Wildman–Crippen MR) is 79.9 cm³/mol. The van der Waals surface area contributed by atoms with Gasteiger partial charge in [0.05, 0.1) is 5.75 Å². The fourth-order valence-corrected chi connectivity index (χ4v) is 2.75. The molecule has 20 heavy (non-hydrogen) atoms. The highest BCUT2D eigenvalue weighted by atomic mass is 35.5. The molecule has 0 aliphatic carbocycles. The molecule has 0 N–H and O–H groups in total. The zero-order valence-electron chi connectivity index (χ0n) is 10.8. The van der Waals surface area contributed by atoms with Crippen LogP contribution in [0.15, 0.2) is 48.5 Å². The van der Waals surface area contributed by atoms with Crippen molar-refractivity contribution in [3.8, 4) is 0 Å². The molecule has 0 aliphatic heterocycles. The number of hydrogen-bond acceptors (Lipinski definition) is 3. The van der Waals surface area contributed by atoms with E-state index >= 15 is 0 Å². The van der Waals surface area contributed by atoms with Crippen molar-refractivity contribution < 1.29 is 13.2 Å². The standard InChI is InChI=1S/C15H13ClO3S/c1-20(18,19)10-11-2-4-12(5-3-11)15(17)13-6-8-14(16)9-7-13/h2-9H,10H2,1H3. The topological polar surface area (TPSA) is 51.2 Å². The number of carbonyl (C=O) groups is 1. The molecular formula is C15H13ClO3S. The van der Waals surface area contributed by atoms with E-state index in [1.165, 1.54) is 6.26 Å². The lowest BCUT2D eigenvalue weighted by Crippen LogP contribution is -2.03. The van der Waals surface area contributed by atoms with Crippen LogP contribution in [0.2, 0.25) is 5.02 Å². The van der Waals surface area contributed by atoms with Gasteiger partial charge in [0.15, 0.2) is 15.6 Å². The smallest absolute Gasteiger partial charge is 0.193 e. The monoisotopic (exact) mass is 308 g/mol. The summed E-state index contributed by atoms with van der Waals surface area (Å²) in [6.45, 7) is 0. The van der Waals surface area contributed by atoms with Crippen LogP contribution in [0.4, 0.5) is 0 Å². The average Bonchev–Trinajstić information content (AvgIpc) is 2.38. The third-order valence-corrected chi connectivity index (χ3v) is 3.86. The highest BCUT2D eigenvalue weighted by molar-refractivity contribution is 7.89. The fraction of sp³-hybridized carbons (Fsp3) is 0.133. The van der Waals surface area contributed by atoms with Crippen molar-refractivity contribution in [1.29, 1.82) is 0 Å². The Morgan fingerprint density at radius 2 is 1.40 bits per heavy atom. The van der Waals surface area contributed by atoms with Crippen LogP contribution in [0.1, 0.15) is 21.5 Å². The molecule has 2 aromatic carbocycles. The third kappa shape index (κ3) is 3.92. The first-order chi connectivity index (χ1) is 9.35. The molecule has 0 bridgehead atoms. The van der Waals surface area contributed by atoms with E-state index in [0.717, 1.165) is 0 Å². The SMILES string of the molecule is CS(=O)(=O)Cc1ccc(C(=O)c2ccc(Cl)cc2)cc1. The van der Waals surface area contributed by atoms with Gasteiger partial charge in [-0.2, -0.15) is 0 Å². The van der Waals surface area contributed by atoms with Gasteiger partial charge in [0.2, 0.25) is 0 Å². The van der Waals surface area contributed by atoms with Crippen LogP contribution in [-0.4, -0.2) is 20.5 Å². The van der Waals surface area contributed by atoms with E-state index in [9.17, 15) is 13.2 Å². The van der Waals surface area contributed by atoms with Crippen LogP contribution < -0.4 is 0 Å². The van der Waals surface area contributed by atoms with E-state index in [-0.39, 0.29) is 11.5 Å². The van der Waals surface area contributed by atoms with Crippen LogP contribution in [0.5, 0.6) is 0 Å². The highest BCUT2D eigenvalue weighted by Crippen LogP contribution is 2.15. The maximum Gasteiger partial charge on any atom is 0.193 e. The molecule has 0 aromatic heterocycles. The molecule has 2 rings (SSSR count). The quantitative estimate of drug-likeness (QED) is 0.815. The molecule has 0 saturated heterocycles. The molecule has 0 spiro atoms. The van der Waals surface area contributed by atoms with Crippen molar-refractivity contribution in [3.05, 3.63) is 70.2 Å². The summed E-state index contributed by atoms with van der Waals surface area (Å²) in [6, 6.07) is 13.2. The number of ketones is 1. The molecule has 0 atom stereocenters. The Hall–Kier alpha value is -1.65. The van der Waals surface area contributed by atoms with Crippen molar-refractivity contribution in [2.24, 2.45) is 0 Å². The number of benzene rings is 2. The number of carbonyl (C=O) groups excluding carboxylic acids is 1. The van der Waals surface area contributed by atoms with Crippen LogP contribution in [0, 0.1) is 0 Å². The maximum atomic E-state index is 12.2. The Kier molecular flexibility index (Phi) is 4.26. The summed E-state index contributed by atoms with van der Waals surface area (Å²) in [7, 11) is -3.07. The zero-order valence-corrected chi connectivity index (χ0v) is 12.4. The Morgan fingerprint density at radius 3 is 1.85 bits per heavy atom. The molecule has 0 fully saturated rings. The largest absolute Gasteiger partial charge is 0.289 e. The molecule has 0 radical (unpaired) electrons. The first-order valence-corrected chi connectivity index (χ1v) is 8.36. The summed E-state index contributed by atoms with van der Waals surface area (Å²) >= 11 is 5.78. The molecule has 0 aliphatic rings. The third-order valence-electron chi connectivity index (χ3n) is 2.75. The zero-order chi connectivity index (χ0) is 14.8. The second-order valence-electron chi connectivity index (χ2n) is 4.60. The van der Waals surface area contributed by atoms with Crippen LogP contribution >= 0.6 is 11.6 Å². The van der Waals surface area contributed by atoms with E-state index in [4.69, 9.17) is 11.6 Å². The number of sulfone groups is 1. The Labute approximate surface area is 123 Å². The van der Waals surface area contributed by atoms with Crippen molar-refractivity contribution >= 4 is 27.2 Å². The van der Waals surface area contributed by atoms with E-state index in [0.29, 0.717) is 21.7 Å². The van der Waals surface area contributed by atoms with Crippen molar-refractivity contribution in [2.45, 2.75) is 5.75 Å². The summed E-state index contributed by atoms with van der Waals surface area (Å²) in [6.07, 6.45) is 1.18. The molecule has 0 heterocycles. The fourth-order valence-electron chi connectivity index (χ4n) is 1.82. The minimum atomic E-state index is -3.07. The number of hydrogen-bond donors (Lipinski definition) is 0. The van der Waals surface area contributed by atoms with Gasteiger partial charge < -0.3 is 0 Å². The molecule has 0 unspecified atom stereocenters. The van der Waals surface area contributed by atoms with Crippen LogP contribution in [0.3, 0.4) is 0 Å². The minimum Gasteiger partial charge on any atom is -0.289 e. The Morgan fingerprint density at radius 1 is 0.950 bits per heavy atom. The molecule has 0 saturated carbocycles. The minimum absolute atomic E-state index is 0.0254.